The van der Waals surface area contributed by atoms with Crippen LogP contribution in [0.2, 0.25) is 0 Å². The first-order valence-corrected chi connectivity index (χ1v) is 8.60. The van der Waals surface area contributed by atoms with E-state index >= 15 is 0 Å². The molecule has 1 aromatic heterocycles. The second-order valence-electron chi connectivity index (χ2n) is 5.26. The van der Waals surface area contributed by atoms with Gasteiger partial charge in [0.25, 0.3) is 0 Å². The van der Waals surface area contributed by atoms with Crippen molar-refractivity contribution in [1.82, 2.24) is 5.32 Å². The van der Waals surface area contributed by atoms with Gasteiger partial charge in [0.1, 0.15) is 12.4 Å². The van der Waals surface area contributed by atoms with Crippen molar-refractivity contribution in [2.45, 2.75) is 19.1 Å². The highest BCUT2D eigenvalue weighted by Crippen LogP contribution is 2.22. The van der Waals surface area contributed by atoms with Gasteiger partial charge in [-0.05, 0) is 29.1 Å². The molecular weight excluding hydrogens is 342 g/mol. The minimum absolute atomic E-state index is 0.0820. The van der Waals surface area contributed by atoms with Gasteiger partial charge >= 0.3 is 5.97 Å². The number of methoxy groups -OCH3 is 2. The molecule has 2 aromatic rings. The Kier molecular flexibility index (Phi) is 7.43. The molecule has 25 heavy (non-hydrogen) atoms. The molecule has 2 rings (SSSR count). The van der Waals surface area contributed by atoms with E-state index in [1.807, 2.05) is 41.8 Å². The van der Waals surface area contributed by atoms with Crippen molar-refractivity contribution in [3.05, 3.63) is 52.2 Å². The van der Waals surface area contributed by atoms with E-state index in [9.17, 15) is 9.59 Å². The van der Waals surface area contributed by atoms with Gasteiger partial charge in [-0.15, -0.1) is 11.3 Å². The highest BCUT2D eigenvalue weighted by atomic mass is 32.1. The molecule has 6 nitrogen and oxygen atoms in total. The van der Waals surface area contributed by atoms with Crippen molar-refractivity contribution >= 4 is 23.2 Å². The van der Waals surface area contributed by atoms with Gasteiger partial charge in [-0.25, -0.2) is 0 Å². The first-order chi connectivity index (χ1) is 12.1. The normalized spacial score (nSPS) is 11.6. The van der Waals surface area contributed by atoms with E-state index in [4.69, 9.17) is 14.2 Å². The van der Waals surface area contributed by atoms with Crippen LogP contribution < -0.4 is 10.1 Å². The van der Waals surface area contributed by atoms with Crippen molar-refractivity contribution in [2.75, 3.05) is 20.8 Å². The van der Waals surface area contributed by atoms with E-state index in [1.54, 1.807) is 7.11 Å². The average molecular weight is 363 g/mol. The summed E-state index contributed by atoms with van der Waals surface area (Å²) in [5.74, 6) is 0.0718. The second kappa shape index (κ2) is 9.80. The fourth-order valence-electron chi connectivity index (χ4n) is 2.22. The van der Waals surface area contributed by atoms with Crippen molar-refractivity contribution in [3.8, 4) is 5.75 Å². The number of benzene rings is 1. The molecule has 1 unspecified atom stereocenters. The number of thiophene rings is 1. The molecule has 134 valence electrons. The third-order valence-electron chi connectivity index (χ3n) is 3.46. The fourth-order valence-corrected chi connectivity index (χ4v) is 3.00. The number of rotatable bonds is 9. The van der Waals surface area contributed by atoms with Gasteiger partial charge in [-0.1, -0.05) is 18.2 Å². The Hall–Kier alpha value is -2.38. The Bertz CT molecular complexity index is 687. The van der Waals surface area contributed by atoms with Gasteiger partial charge < -0.3 is 19.5 Å². The molecule has 0 bridgehead atoms. The number of esters is 1. The number of carbonyl (C=O) groups is 2. The van der Waals surface area contributed by atoms with Crippen molar-refractivity contribution in [2.24, 2.45) is 0 Å². The molecular formula is C18H21NO5S. The summed E-state index contributed by atoms with van der Waals surface area (Å²) in [4.78, 5) is 24.6. The van der Waals surface area contributed by atoms with Crippen LogP contribution >= 0.6 is 11.3 Å². The molecule has 1 N–H and O–H groups in total. The molecule has 0 aliphatic rings. The zero-order valence-electron chi connectivity index (χ0n) is 14.2. The van der Waals surface area contributed by atoms with Crippen LogP contribution in [0, 0.1) is 0 Å². The lowest BCUT2D eigenvalue weighted by Gasteiger charge is -2.16. The SMILES string of the molecule is COC(=O)CC(NC(=O)COCc1cccc(OC)c1)c1cccs1. The molecule has 0 saturated carbocycles. The van der Waals surface area contributed by atoms with Gasteiger partial charge in [0, 0.05) is 4.88 Å². The van der Waals surface area contributed by atoms with Gasteiger partial charge in [-0.3, -0.25) is 9.59 Å². The minimum atomic E-state index is -0.416. The van der Waals surface area contributed by atoms with Crippen LogP contribution in [0.15, 0.2) is 41.8 Å². The Morgan fingerprint density at radius 1 is 1.20 bits per heavy atom. The summed E-state index contributed by atoms with van der Waals surface area (Å²) in [5, 5.41) is 4.71. The van der Waals surface area contributed by atoms with Crippen LogP contribution in [-0.2, 0) is 25.7 Å². The summed E-state index contributed by atoms with van der Waals surface area (Å²) in [7, 11) is 2.92. The standard InChI is InChI=1S/C18H21NO5S/c1-22-14-6-3-5-13(9-14)11-24-12-17(20)19-15(10-18(21)23-2)16-7-4-8-25-16/h3-9,15H,10-12H2,1-2H3,(H,19,20). The predicted octanol–water partition coefficient (Wildman–Crippen LogP) is 2.69. The zero-order valence-corrected chi connectivity index (χ0v) is 15.0. The molecule has 0 radical (unpaired) electrons. The van der Waals surface area contributed by atoms with Crippen molar-refractivity contribution in [1.29, 1.82) is 0 Å². The summed E-state index contributed by atoms with van der Waals surface area (Å²) in [5.41, 5.74) is 0.913. The molecule has 0 saturated heterocycles. The van der Waals surface area contributed by atoms with Gasteiger partial charge in [0.05, 0.1) is 33.3 Å². The van der Waals surface area contributed by atoms with Crippen LogP contribution in [0.1, 0.15) is 22.9 Å². The first-order valence-electron chi connectivity index (χ1n) is 7.72. The topological polar surface area (TPSA) is 73.9 Å². The highest BCUT2D eigenvalue weighted by molar-refractivity contribution is 7.10. The van der Waals surface area contributed by atoms with E-state index in [2.05, 4.69) is 5.32 Å². The molecule has 1 atom stereocenters. The molecule has 0 fully saturated rings. The fraction of sp³-hybridized carbons (Fsp3) is 0.333. The van der Waals surface area contributed by atoms with Crippen LogP contribution in [0.5, 0.6) is 5.75 Å². The average Bonchev–Trinajstić information content (AvgIpc) is 3.16. The lowest BCUT2D eigenvalue weighted by molar-refractivity contribution is -0.141. The maximum Gasteiger partial charge on any atom is 0.307 e. The lowest BCUT2D eigenvalue weighted by atomic mass is 10.1. The number of nitrogens with one attached hydrogen (secondary N) is 1. The Balaban J connectivity index is 1.85. The van der Waals surface area contributed by atoms with Gasteiger partial charge in [0.2, 0.25) is 5.91 Å². The lowest BCUT2D eigenvalue weighted by Crippen LogP contribution is -2.32. The Morgan fingerprint density at radius 2 is 2.04 bits per heavy atom. The van der Waals surface area contributed by atoms with Gasteiger partial charge in [0.15, 0.2) is 0 Å². The molecule has 7 heteroatoms. The molecule has 1 aromatic carbocycles. The predicted molar refractivity (Wildman–Crippen MR) is 94.5 cm³/mol. The van der Waals surface area contributed by atoms with Gasteiger partial charge in [-0.2, -0.15) is 0 Å². The van der Waals surface area contributed by atoms with Crippen LogP contribution in [0.3, 0.4) is 0 Å². The van der Waals surface area contributed by atoms with E-state index in [0.29, 0.717) is 6.61 Å². The van der Waals surface area contributed by atoms with Crippen LogP contribution in [0.4, 0.5) is 0 Å². The Labute approximate surface area is 150 Å². The van der Waals surface area contributed by atoms with E-state index < -0.39 is 6.04 Å². The summed E-state index contributed by atoms with van der Waals surface area (Å²) in [6.45, 7) is 0.200. The summed E-state index contributed by atoms with van der Waals surface area (Å²) < 4.78 is 15.3. The third-order valence-corrected chi connectivity index (χ3v) is 4.44. The van der Waals surface area contributed by atoms with E-state index in [0.717, 1.165) is 16.2 Å². The monoisotopic (exact) mass is 363 g/mol. The summed E-state index contributed by atoms with van der Waals surface area (Å²) >= 11 is 1.47. The number of amides is 1. The smallest absolute Gasteiger partial charge is 0.307 e. The number of carbonyl (C=O) groups excluding carboxylic acids is 2. The summed E-state index contributed by atoms with van der Waals surface area (Å²) in [6, 6.07) is 10.8. The quantitative estimate of drug-likeness (QED) is 0.694. The molecule has 1 amide bonds. The first kappa shape index (κ1) is 19.0. The van der Waals surface area contributed by atoms with Crippen molar-refractivity contribution in [3.63, 3.8) is 0 Å². The van der Waals surface area contributed by atoms with Crippen LogP contribution in [-0.4, -0.2) is 32.7 Å². The number of hydrogen-bond donors (Lipinski definition) is 1. The van der Waals surface area contributed by atoms with Crippen molar-refractivity contribution < 1.29 is 23.8 Å². The zero-order chi connectivity index (χ0) is 18.1. The number of hydrogen-bond acceptors (Lipinski definition) is 6. The summed E-state index contributed by atoms with van der Waals surface area (Å²) in [6.07, 6.45) is 0.0820. The Morgan fingerprint density at radius 3 is 2.72 bits per heavy atom. The molecule has 0 aliphatic carbocycles. The minimum Gasteiger partial charge on any atom is -0.497 e. The molecule has 0 aliphatic heterocycles. The maximum absolute atomic E-state index is 12.1. The van der Waals surface area contributed by atoms with E-state index in [-0.39, 0.29) is 24.9 Å². The number of ether oxygens (including phenoxy) is 3. The maximum atomic E-state index is 12.1. The second-order valence-corrected chi connectivity index (χ2v) is 6.24. The third kappa shape index (κ3) is 6.21. The molecule has 1 heterocycles. The van der Waals surface area contributed by atoms with E-state index in [1.165, 1.54) is 18.4 Å². The highest BCUT2D eigenvalue weighted by Gasteiger charge is 2.19. The van der Waals surface area contributed by atoms with Crippen LogP contribution in [0.25, 0.3) is 0 Å². The molecule has 0 spiro atoms. The largest absolute Gasteiger partial charge is 0.497 e.